The van der Waals surface area contributed by atoms with Crippen LogP contribution in [-0.4, -0.2) is 52.6 Å². The molecule has 0 amide bonds. The molecule has 1 aliphatic heterocycles. The number of hydrogen-bond donors (Lipinski definition) is 2. The number of aliphatic hydroxyl groups excluding tert-OH is 2. The third kappa shape index (κ3) is 2.54. The molecule has 1 unspecified atom stereocenters. The molecule has 0 bridgehead atoms. The van der Waals surface area contributed by atoms with E-state index in [1.54, 1.807) is 6.20 Å². The summed E-state index contributed by atoms with van der Waals surface area (Å²) in [6.45, 7) is 3.57. The van der Waals surface area contributed by atoms with Gasteiger partial charge in [-0.1, -0.05) is 0 Å². The summed E-state index contributed by atoms with van der Waals surface area (Å²) in [5.41, 5.74) is 1.49. The van der Waals surface area contributed by atoms with Crippen LogP contribution in [0.4, 0.5) is 5.95 Å². The Morgan fingerprint density at radius 2 is 2.35 bits per heavy atom. The van der Waals surface area contributed by atoms with Crippen molar-refractivity contribution < 1.29 is 14.9 Å². The number of anilines is 1. The van der Waals surface area contributed by atoms with Crippen LogP contribution in [0.15, 0.2) is 6.20 Å². The number of nitrogens with zero attached hydrogens (tertiary/aromatic N) is 3. The van der Waals surface area contributed by atoms with Gasteiger partial charge in [-0.05, 0) is 6.92 Å². The molecule has 1 atom stereocenters. The standard InChI is InChI=1S/C11H17N3O3/c1-8-9(5-15)4-12-11(13-8)14-2-3-17-7-10(14)6-16/h4,10,15-16H,2-3,5-7H2,1H3. The zero-order chi connectivity index (χ0) is 12.3. The SMILES string of the molecule is Cc1nc(N2CCOCC2CO)ncc1CO. The Hall–Kier alpha value is -1.24. The maximum Gasteiger partial charge on any atom is 0.226 e. The van der Waals surface area contributed by atoms with Gasteiger partial charge in [-0.15, -0.1) is 0 Å². The molecule has 1 saturated heterocycles. The first-order chi connectivity index (χ1) is 8.26. The summed E-state index contributed by atoms with van der Waals surface area (Å²) in [5.74, 6) is 0.585. The highest BCUT2D eigenvalue weighted by molar-refractivity contribution is 5.35. The van der Waals surface area contributed by atoms with Gasteiger partial charge >= 0.3 is 0 Å². The molecule has 6 nitrogen and oxygen atoms in total. The molecule has 1 aromatic rings. The second-order valence-corrected chi connectivity index (χ2v) is 4.04. The maximum atomic E-state index is 9.28. The minimum absolute atomic E-state index is 0.0180. The van der Waals surface area contributed by atoms with Gasteiger partial charge in [-0.3, -0.25) is 0 Å². The van der Waals surface area contributed by atoms with Gasteiger partial charge in [0, 0.05) is 24.0 Å². The summed E-state index contributed by atoms with van der Waals surface area (Å²) in [7, 11) is 0. The Balaban J connectivity index is 2.23. The van der Waals surface area contributed by atoms with E-state index in [4.69, 9.17) is 9.84 Å². The van der Waals surface area contributed by atoms with Crippen molar-refractivity contribution >= 4 is 5.95 Å². The van der Waals surface area contributed by atoms with E-state index in [0.29, 0.717) is 25.7 Å². The lowest BCUT2D eigenvalue weighted by atomic mass is 10.2. The number of morpholine rings is 1. The first kappa shape index (κ1) is 12.2. The molecular weight excluding hydrogens is 222 g/mol. The smallest absolute Gasteiger partial charge is 0.226 e. The van der Waals surface area contributed by atoms with Gasteiger partial charge in [0.05, 0.1) is 32.5 Å². The van der Waals surface area contributed by atoms with Crippen LogP contribution in [0.1, 0.15) is 11.3 Å². The quantitative estimate of drug-likeness (QED) is 0.738. The van der Waals surface area contributed by atoms with E-state index >= 15 is 0 Å². The average Bonchev–Trinajstić information content (AvgIpc) is 2.38. The minimum Gasteiger partial charge on any atom is -0.394 e. The Labute approximate surface area is 99.9 Å². The molecule has 0 radical (unpaired) electrons. The number of aliphatic hydroxyl groups is 2. The predicted molar refractivity (Wildman–Crippen MR) is 61.7 cm³/mol. The Morgan fingerprint density at radius 3 is 3.00 bits per heavy atom. The lowest BCUT2D eigenvalue weighted by Crippen LogP contribution is -2.48. The highest BCUT2D eigenvalue weighted by atomic mass is 16.5. The summed E-state index contributed by atoms with van der Waals surface area (Å²) in [6.07, 6.45) is 1.63. The fourth-order valence-corrected chi connectivity index (χ4v) is 1.84. The first-order valence-electron chi connectivity index (χ1n) is 5.65. The molecule has 6 heteroatoms. The number of rotatable bonds is 3. The number of aryl methyl sites for hydroxylation is 1. The summed E-state index contributed by atoms with van der Waals surface area (Å²) in [4.78, 5) is 10.5. The summed E-state index contributed by atoms with van der Waals surface area (Å²) >= 11 is 0. The van der Waals surface area contributed by atoms with Crippen molar-refractivity contribution in [1.82, 2.24) is 9.97 Å². The highest BCUT2D eigenvalue weighted by Gasteiger charge is 2.24. The summed E-state index contributed by atoms with van der Waals surface area (Å²) < 4.78 is 5.30. The molecule has 2 rings (SSSR count). The van der Waals surface area contributed by atoms with Crippen LogP contribution < -0.4 is 4.90 Å². The summed E-state index contributed by atoms with van der Waals surface area (Å²) in [6, 6.07) is -0.0943. The molecule has 2 heterocycles. The van der Waals surface area contributed by atoms with E-state index in [2.05, 4.69) is 9.97 Å². The zero-order valence-corrected chi connectivity index (χ0v) is 9.83. The third-order valence-corrected chi connectivity index (χ3v) is 2.93. The molecule has 2 N–H and O–H groups in total. The highest BCUT2D eigenvalue weighted by Crippen LogP contribution is 2.16. The molecule has 0 saturated carbocycles. The molecule has 0 aliphatic carbocycles. The molecule has 94 valence electrons. The zero-order valence-electron chi connectivity index (χ0n) is 9.83. The molecular formula is C11H17N3O3. The lowest BCUT2D eigenvalue weighted by molar-refractivity contribution is 0.0718. The molecule has 17 heavy (non-hydrogen) atoms. The van der Waals surface area contributed by atoms with Crippen molar-refractivity contribution in [3.05, 3.63) is 17.5 Å². The van der Waals surface area contributed by atoms with E-state index in [1.807, 2.05) is 11.8 Å². The first-order valence-corrected chi connectivity index (χ1v) is 5.65. The Morgan fingerprint density at radius 1 is 1.53 bits per heavy atom. The molecule has 0 aromatic carbocycles. The van der Waals surface area contributed by atoms with Crippen LogP contribution in [0.3, 0.4) is 0 Å². The normalized spacial score (nSPS) is 20.6. The molecule has 1 aliphatic rings. The van der Waals surface area contributed by atoms with Crippen LogP contribution in [0, 0.1) is 6.92 Å². The van der Waals surface area contributed by atoms with Crippen LogP contribution in [-0.2, 0) is 11.3 Å². The second-order valence-electron chi connectivity index (χ2n) is 4.04. The van der Waals surface area contributed by atoms with Gasteiger partial charge in [-0.25, -0.2) is 9.97 Å². The average molecular weight is 239 g/mol. The van der Waals surface area contributed by atoms with Crippen LogP contribution in [0.25, 0.3) is 0 Å². The molecule has 1 fully saturated rings. The fraction of sp³-hybridized carbons (Fsp3) is 0.636. The fourth-order valence-electron chi connectivity index (χ4n) is 1.84. The van der Waals surface area contributed by atoms with Gasteiger partial charge in [0.15, 0.2) is 0 Å². The van der Waals surface area contributed by atoms with E-state index in [-0.39, 0.29) is 19.3 Å². The monoisotopic (exact) mass is 239 g/mol. The Bertz CT molecular complexity index is 386. The molecule has 1 aromatic heterocycles. The topological polar surface area (TPSA) is 78.7 Å². The van der Waals surface area contributed by atoms with Gasteiger partial charge < -0.3 is 19.8 Å². The predicted octanol–water partition coefficient (Wildman–Crippen LogP) is -0.525. The third-order valence-electron chi connectivity index (χ3n) is 2.93. The van der Waals surface area contributed by atoms with Crippen LogP contribution >= 0.6 is 0 Å². The largest absolute Gasteiger partial charge is 0.394 e. The van der Waals surface area contributed by atoms with Crippen LogP contribution in [0.2, 0.25) is 0 Å². The number of ether oxygens (including phenoxy) is 1. The van der Waals surface area contributed by atoms with Crippen molar-refractivity contribution in [2.45, 2.75) is 19.6 Å². The van der Waals surface area contributed by atoms with E-state index < -0.39 is 0 Å². The van der Waals surface area contributed by atoms with Gasteiger partial charge in [0.25, 0.3) is 0 Å². The number of aromatic nitrogens is 2. The summed E-state index contributed by atoms with van der Waals surface area (Å²) in [5, 5.41) is 18.3. The minimum atomic E-state index is -0.0943. The van der Waals surface area contributed by atoms with Crippen LogP contribution in [0.5, 0.6) is 0 Å². The lowest BCUT2D eigenvalue weighted by Gasteiger charge is -2.34. The van der Waals surface area contributed by atoms with Crippen molar-refractivity contribution in [1.29, 1.82) is 0 Å². The van der Waals surface area contributed by atoms with Gasteiger partial charge in [0.2, 0.25) is 5.95 Å². The maximum absolute atomic E-state index is 9.28. The Kier molecular flexibility index (Phi) is 3.88. The second kappa shape index (κ2) is 5.39. The van der Waals surface area contributed by atoms with Crippen molar-refractivity contribution in [3.8, 4) is 0 Å². The van der Waals surface area contributed by atoms with E-state index in [9.17, 15) is 5.11 Å². The van der Waals surface area contributed by atoms with Crippen molar-refractivity contribution in [2.75, 3.05) is 31.3 Å². The number of hydrogen-bond acceptors (Lipinski definition) is 6. The van der Waals surface area contributed by atoms with Crippen molar-refractivity contribution in [2.24, 2.45) is 0 Å². The van der Waals surface area contributed by atoms with E-state index in [0.717, 1.165) is 11.3 Å². The molecule has 0 spiro atoms. The van der Waals surface area contributed by atoms with Gasteiger partial charge in [-0.2, -0.15) is 0 Å². The van der Waals surface area contributed by atoms with Gasteiger partial charge in [0.1, 0.15) is 0 Å². The van der Waals surface area contributed by atoms with Crippen molar-refractivity contribution in [3.63, 3.8) is 0 Å². The van der Waals surface area contributed by atoms with E-state index in [1.165, 1.54) is 0 Å².